The number of halogens is 1. The number of hydrogen-bond acceptors (Lipinski definition) is 1. The summed E-state index contributed by atoms with van der Waals surface area (Å²) in [6.07, 6.45) is 1.25. The maximum Gasteiger partial charge on any atom is 0.224 e. The van der Waals surface area contributed by atoms with Crippen LogP contribution in [0.25, 0.3) is 0 Å². The lowest BCUT2D eigenvalue weighted by Crippen LogP contribution is -2.13. The van der Waals surface area contributed by atoms with E-state index in [9.17, 15) is 4.79 Å². The SMILES string of the molecule is Cc1cc(C)c(NC(=O)CCc2ccccc2)c(Br)c1. The molecule has 0 saturated carbocycles. The largest absolute Gasteiger partial charge is 0.325 e. The summed E-state index contributed by atoms with van der Waals surface area (Å²) in [4.78, 5) is 12.0. The number of nitrogens with one attached hydrogen (secondary N) is 1. The number of carbonyl (C=O) groups is 1. The fourth-order valence-corrected chi connectivity index (χ4v) is 2.95. The van der Waals surface area contributed by atoms with Gasteiger partial charge in [-0.3, -0.25) is 4.79 Å². The van der Waals surface area contributed by atoms with Crippen LogP contribution in [0.4, 0.5) is 5.69 Å². The summed E-state index contributed by atoms with van der Waals surface area (Å²) in [5, 5.41) is 2.99. The molecule has 1 N–H and O–H groups in total. The minimum absolute atomic E-state index is 0.0431. The monoisotopic (exact) mass is 331 g/mol. The molecule has 2 aromatic carbocycles. The van der Waals surface area contributed by atoms with Gasteiger partial charge < -0.3 is 5.32 Å². The van der Waals surface area contributed by atoms with Gasteiger partial charge in [-0.15, -0.1) is 0 Å². The second-order valence-corrected chi connectivity index (χ2v) is 5.83. The molecular weight excluding hydrogens is 314 g/mol. The van der Waals surface area contributed by atoms with Crippen LogP contribution in [-0.4, -0.2) is 5.91 Å². The van der Waals surface area contributed by atoms with Crippen molar-refractivity contribution in [2.45, 2.75) is 26.7 Å². The Bertz CT molecular complexity index is 585. The molecule has 0 radical (unpaired) electrons. The molecule has 3 heteroatoms. The van der Waals surface area contributed by atoms with Crippen molar-refractivity contribution in [3.05, 3.63) is 63.6 Å². The van der Waals surface area contributed by atoms with Crippen molar-refractivity contribution in [1.29, 1.82) is 0 Å². The van der Waals surface area contributed by atoms with E-state index in [1.54, 1.807) is 0 Å². The van der Waals surface area contributed by atoms with Crippen molar-refractivity contribution in [3.8, 4) is 0 Å². The molecule has 0 aliphatic heterocycles. The Labute approximate surface area is 128 Å². The third-order valence-corrected chi connectivity index (χ3v) is 3.81. The van der Waals surface area contributed by atoms with Gasteiger partial charge in [0.2, 0.25) is 5.91 Å². The van der Waals surface area contributed by atoms with Crippen LogP contribution in [0.2, 0.25) is 0 Å². The standard InChI is InChI=1S/C17H18BrNO/c1-12-10-13(2)17(15(18)11-12)19-16(20)9-8-14-6-4-3-5-7-14/h3-7,10-11H,8-9H2,1-2H3,(H,19,20). The van der Waals surface area contributed by atoms with Gasteiger partial charge in [0.1, 0.15) is 0 Å². The van der Waals surface area contributed by atoms with Crippen molar-refractivity contribution in [3.63, 3.8) is 0 Å². The fraction of sp³-hybridized carbons (Fsp3) is 0.235. The number of hydrogen-bond donors (Lipinski definition) is 1. The normalized spacial score (nSPS) is 10.3. The summed E-state index contributed by atoms with van der Waals surface area (Å²) in [6.45, 7) is 4.04. The smallest absolute Gasteiger partial charge is 0.224 e. The van der Waals surface area contributed by atoms with E-state index in [0.717, 1.165) is 22.1 Å². The molecule has 0 spiro atoms. The van der Waals surface area contributed by atoms with E-state index in [0.29, 0.717) is 6.42 Å². The molecule has 0 aromatic heterocycles. The summed E-state index contributed by atoms with van der Waals surface area (Å²) in [7, 11) is 0. The van der Waals surface area contributed by atoms with Crippen molar-refractivity contribution in [1.82, 2.24) is 0 Å². The number of benzene rings is 2. The number of amides is 1. The average molecular weight is 332 g/mol. The predicted octanol–water partition coefficient (Wildman–Crippen LogP) is 4.64. The molecule has 2 aromatic rings. The van der Waals surface area contributed by atoms with Crippen molar-refractivity contribution < 1.29 is 4.79 Å². The Morgan fingerprint density at radius 3 is 2.50 bits per heavy atom. The Morgan fingerprint density at radius 2 is 1.85 bits per heavy atom. The molecule has 0 aliphatic rings. The van der Waals surface area contributed by atoms with Gasteiger partial charge in [0.15, 0.2) is 0 Å². The van der Waals surface area contributed by atoms with Crippen LogP contribution in [-0.2, 0) is 11.2 Å². The van der Waals surface area contributed by atoms with E-state index in [1.165, 1.54) is 11.1 Å². The maximum absolute atomic E-state index is 12.0. The van der Waals surface area contributed by atoms with Crippen LogP contribution < -0.4 is 5.32 Å². The molecule has 2 rings (SSSR count). The van der Waals surface area contributed by atoms with E-state index in [4.69, 9.17) is 0 Å². The van der Waals surface area contributed by atoms with Crippen molar-refractivity contribution in [2.75, 3.05) is 5.32 Å². The number of carbonyl (C=O) groups excluding carboxylic acids is 1. The highest BCUT2D eigenvalue weighted by Gasteiger charge is 2.09. The molecule has 0 atom stereocenters. The topological polar surface area (TPSA) is 29.1 Å². The Kier molecular flexibility index (Phi) is 4.96. The van der Waals surface area contributed by atoms with E-state index >= 15 is 0 Å². The van der Waals surface area contributed by atoms with Gasteiger partial charge in [0, 0.05) is 10.9 Å². The second kappa shape index (κ2) is 6.71. The highest BCUT2D eigenvalue weighted by Crippen LogP contribution is 2.27. The summed E-state index contributed by atoms with van der Waals surface area (Å²) in [6, 6.07) is 14.1. The van der Waals surface area contributed by atoms with Crippen LogP contribution in [0.15, 0.2) is 46.9 Å². The molecule has 0 bridgehead atoms. The summed E-state index contributed by atoms with van der Waals surface area (Å²) in [5.41, 5.74) is 4.30. The van der Waals surface area contributed by atoms with Crippen LogP contribution in [0.1, 0.15) is 23.1 Å². The zero-order chi connectivity index (χ0) is 14.5. The quantitative estimate of drug-likeness (QED) is 0.868. The first-order valence-corrected chi connectivity index (χ1v) is 7.46. The molecule has 104 valence electrons. The lowest BCUT2D eigenvalue weighted by atomic mass is 10.1. The second-order valence-electron chi connectivity index (χ2n) is 4.97. The summed E-state index contributed by atoms with van der Waals surface area (Å²) in [5.74, 6) is 0.0431. The van der Waals surface area contributed by atoms with Crippen molar-refractivity contribution >= 4 is 27.5 Å². The summed E-state index contributed by atoms with van der Waals surface area (Å²) < 4.78 is 0.933. The molecule has 20 heavy (non-hydrogen) atoms. The first-order valence-electron chi connectivity index (χ1n) is 6.67. The van der Waals surface area contributed by atoms with Gasteiger partial charge in [0.05, 0.1) is 5.69 Å². The minimum Gasteiger partial charge on any atom is -0.325 e. The highest BCUT2D eigenvalue weighted by molar-refractivity contribution is 9.10. The third kappa shape index (κ3) is 3.94. The minimum atomic E-state index is 0.0431. The summed E-state index contributed by atoms with van der Waals surface area (Å²) >= 11 is 3.51. The Hall–Kier alpha value is -1.61. The van der Waals surface area contributed by atoms with Gasteiger partial charge in [-0.2, -0.15) is 0 Å². The van der Waals surface area contributed by atoms with Crippen LogP contribution >= 0.6 is 15.9 Å². The highest BCUT2D eigenvalue weighted by atomic mass is 79.9. The molecular formula is C17H18BrNO. The number of aryl methyl sites for hydroxylation is 3. The fourth-order valence-electron chi connectivity index (χ4n) is 2.18. The van der Waals surface area contributed by atoms with Gasteiger partial charge in [-0.05, 0) is 59.0 Å². The zero-order valence-electron chi connectivity index (χ0n) is 11.7. The van der Waals surface area contributed by atoms with E-state index in [2.05, 4.69) is 27.3 Å². The lowest BCUT2D eigenvalue weighted by Gasteiger charge is -2.11. The zero-order valence-corrected chi connectivity index (χ0v) is 13.3. The average Bonchev–Trinajstić information content (AvgIpc) is 2.42. The number of anilines is 1. The molecule has 0 aliphatic carbocycles. The lowest BCUT2D eigenvalue weighted by molar-refractivity contribution is -0.116. The molecule has 2 nitrogen and oxygen atoms in total. The molecule has 0 heterocycles. The Balaban J connectivity index is 1.98. The van der Waals surface area contributed by atoms with Crippen LogP contribution in [0.5, 0.6) is 0 Å². The first-order chi connectivity index (χ1) is 9.56. The van der Waals surface area contributed by atoms with E-state index in [-0.39, 0.29) is 5.91 Å². The van der Waals surface area contributed by atoms with Crippen molar-refractivity contribution in [2.24, 2.45) is 0 Å². The molecule has 0 unspecified atom stereocenters. The predicted molar refractivity (Wildman–Crippen MR) is 87.0 cm³/mol. The number of rotatable bonds is 4. The Morgan fingerprint density at radius 1 is 1.15 bits per heavy atom. The molecule has 0 saturated heterocycles. The molecule has 1 amide bonds. The van der Waals surface area contributed by atoms with E-state index in [1.807, 2.05) is 50.2 Å². The van der Waals surface area contributed by atoms with Gasteiger partial charge in [-0.25, -0.2) is 0 Å². The van der Waals surface area contributed by atoms with Gasteiger partial charge in [-0.1, -0.05) is 36.4 Å². The van der Waals surface area contributed by atoms with Gasteiger partial charge >= 0.3 is 0 Å². The third-order valence-electron chi connectivity index (χ3n) is 3.18. The van der Waals surface area contributed by atoms with Gasteiger partial charge in [0.25, 0.3) is 0 Å². The van der Waals surface area contributed by atoms with Crippen LogP contribution in [0, 0.1) is 13.8 Å². The van der Waals surface area contributed by atoms with E-state index < -0.39 is 0 Å². The first kappa shape index (κ1) is 14.8. The molecule has 0 fully saturated rings. The van der Waals surface area contributed by atoms with Crippen LogP contribution in [0.3, 0.4) is 0 Å². The maximum atomic E-state index is 12.0.